The second-order valence-electron chi connectivity index (χ2n) is 5.21. The fraction of sp³-hybridized carbons (Fsp3) is 0.250. The van der Waals surface area contributed by atoms with Gasteiger partial charge in [-0.1, -0.05) is 18.2 Å². The summed E-state index contributed by atoms with van der Waals surface area (Å²) in [5.74, 6) is -0.636. The minimum Gasteiger partial charge on any atom is -0.354 e. The van der Waals surface area contributed by atoms with Crippen LogP contribution >= 0.6 is 0 Å². The van der Waals surface area contributed by atoms with E-state index in [1.54, 1.807) is 6.07 Å². The van der Waals surface area contributed by atoms with E-state index in [1.165, 1.54) is 32.4 Å². The number of ether oxygens (including phenoxy) is 2. The summed E-state index contributed by atoms with van der Waals surface area (Å²) in [5.41, 5.74) is -0.215. The number of sulfonamides is 1. The smallest absolute Gasteiger partial charge is 0.269 e. The molecule has 1 atom stereocenters. The van der Waals surface area contributed by atoms with Crippen LogP contribution in [0.25, 0.3) is 0 Å². The highest BCUT2D eigenvalue weighted by Gasteiger charge is 2.31. The Morgan fingerprint density at radius 2 is 1.65 bits per heavy atom. The lowest BCUT2D eigenvalue weighted by Gasteiger charge is -2.26. The molecular formula is C16H17FN2O6S. The van der Waals surface area contributed by atoms with E-state index in [1.807, 2.05) is 0 Å². The lowest BCUT2D eigenvalue weighted by molar-refractivity contribution is -0.384. The average Bonchev–Trinajstić information content (AvgIpc) is 2.62. The summed E-state index contributed by atoms with van der Waals surface area (Å²) in [4.78, 5) is 9.84. The zero-order valence-electron chi connectivity index (χ0n) is 14.0. The second kappa shape index (κ2) is 8.32. The maximum absolute atomic E-state index is 14.2. The highest BCUT2D eigenvalue weighted by molar-refractivity contribution is 7.89. The number of benzene rings is 2. The van der Waals surface area contributed by atoms with Crippen LogP contribution in [0, 0.1) is 15.9 Å². The van der Waals surface area contributed by atoms with Crippen molar-refractivity contribution in [2.24, 2.45) is 0 Å². The first-order valence-corrected chi connectivity index (χ1v) is 8.85. The molecule has 140 valence electrons. The Bertz CT molecular complexity index is 869. The topological polar surface area (TPSA) is 108 Å². The molecule has 0 aliphatic carbocycles. The van der Waals surface area contributed by atoms with E-state index in [-0.39, 0.29) is 16.1 Å². The molecule has 0 aromatic heterocycles. The van der Waals surface area contributed by atoms with Crippen molar-refractivity contribution in [3.63, 3.8) is 0 Å². The Morgan fingerprint density at radius 1 is 1.08 bits per heavy atom. The Morgan fingerprint density at radius 3 is 2.15 bits per heavy atom. The van der Waals surface area contributed by atoms with Crippen molar-refractivity contribution in [3.05, 3.63) is 70.0 Å². The predicted octanol–water partition coefficient (Wildman–Crippen LogP) is 2.37. The summed E-state index contributed by atoms with van der Waals surface area (Å²) in [5, 5.41) is 10.7. The van der Waals surface area contributed by atoms with E-state index >= 15 is 0 Å². The number of nitro groups is 1. The fourth-order valence-electron chi connectivity index (χ4n) is 2.34. The zero-order valence-corrected chi connectivity index (χ0v) is 14.8. The molecule has 2 rings (SSSR count). The van der Waals surface area contributed by atoms with Gasteiger partial charge in [-0.05, 0) is 18.2 Å². The molecular weight excluding hydrogens is 367 g/mol. The number of nitrogens with one attached hydrogen (secondary N) is 1. The third kappa shape index (κ3) is 4.41. The molecule has 0 spiro atoms. The van der Waals surface area contributed by atoms with E-state index in [2.05, 4.69) is 4.72 Å². The van der Waals surface area contributed by atoms with Crippen LogP contribution in [0.15, 0.2) is 53.4 Å². The molecule has 1 N–H and O–H groups in total. The molecule has 26 heavy (non-hydrogen) atoms. The number of hydrogen-bond donors (Lipinski definition) is 1. The summed E-state index contributed by atoms with van der Waals surface area (Å²) in [6.07, 6.45) is -1.10. The van der Waals surface area contributed by atoms with E-state index in [0.717, 1.165) is 24.3 Å². The molecule has 2 aromatic carbocycles. The van der Waals surface area contributed by atoms with Crippen LogP contribution in [0.5, 0.6) is 0 Å². The van der Waals surface area contributed by atoms with Gasteiger partial charge in [-0.25, -0.2) is 12.8 Å². The van der Waals surface area contributed by atoms with Crippen molar-refractivity contribution in [2.75, 3.05) is 14.2 Å². The van der Waals surface area contributed by atoms with Crippen molar-refractivity contribution in [1.29, 1.82) is 0 Å². The first-order valence-electron chi connectivity index (χ1n) is 7.37. The molecule has 0 radical (unpaired) electrons. The van der Waals surface area contributed by atoms with Gasteiger partial charge in [0.25, 0.3) is 5.69 Å². The van der Waals surface area contributed by atoms with E-state index in [0.29, 0.717) is 0 Å². The van der Waals surface area contributed by atoms with Gasteiger partial charge < -0.3 is 9.47 Å². The number of hydrogen-bond acceptors (Lipinski definition) is 6. The Labute approximate surface area is 149 Å². The van der Waals surface area contributed by atoms with Crippen LogP contribution < -0.4 is 4.72 Å². The average molecular weight is 384 g/mol. The SMILES string of the molecule is COC(OC)C(NS(=O)(=O)c1ccc([N+](=O)[O-])cc1)c1ccccc1F. The minimum atomic E-state index is -4.13. The third-order valence-corrected chi connectivity index (χ3v) is 5.07. The third-order valence-electron chi connectivity index (χ3n) is 3.62. The summed E-state index contributed by atoms with van der Waals surface area (Å²) in [7, 11) is -1.54. The Kier molecular flexibility index (Phi) is 6.37. The molecule has 0 heterocycles. The highest BCUT2D eigenvalue weighted by Crippen LogP contribution is 2.25. The van der Waals surface area contributed by atoms with Crippen LogP contribution in [0.2, 0.25) is 0 Å². The van der Waals surface area contributed by atoms with Crippen molar-refractivity contribution in [1.82, 2.24) is 4.72 Å². The van der Waals surface area contributed by atoms with Crippen molar-refractivity contribution in [3.8, 4) is 0 Å². The molecule has 0 amide bonds. The van der Waals surface area contributed by atoms with Crippen molar-refractivity contribution < 1.29 is 27.2 Å². The highest BCUT2D eigenvalue weighted by atomic mass is 32.2. The molecule has 10 heteroatoms. The van der Waals surface area contributed by atoms with Gasteiger partial charge in [-0.3, -0.25) is 10.1 Å². The normalized spacial score (nSPS) is 12.9. The molecule has 0 aliphatic rings. The lowest BCUT2D eigenvalue weighted by atomic mass is 10.1. The predicted molar refractivity (Wildman–Crippen MR) is 90.4 cm³/mol. The zero-order chi connectivity index (χ0) is 19.3. The van der Waals surface area contributed by atoms with E-state index in [4.69, 9.17) is 9.47 Å². The van der Waals surface area contributed by atoms with Gasteiger partial charge in [0.05, 0.1) is 9.82 Å². The summed E-state index contributed by atoms with van der Waals surface area (Å²) in [6.45, 7) is 0. The minimum absolute atomic E-state index is 0.0340. The van der Waals surface area contributed by atoms with Gasteiger partial charge in [0.2, 0.25) is 10.0 Å². The first-order chi connectivity index (χ1) is 12.3. The lowest BCUT2D eigenvalue weighted by Crippen LogP contribution is -2.38. The summed E-state index contributed by atoms with van der Waals surface area (Å²) in [6, 6.07) is 8.75. The van der Waals surface area contributed by atoms with Crippen LogP contribution in [0.3, 0.4) is 0 Å². The Balaban J connectivity index is 2.40. The maximum atomic E-state index is 14.2. The standard InChI is InChI=1S/C16H17FN2O6S/c1-24-16(25-2)15(13-5-3-4-6-14(13)17)18-26(22,23)12-9-7-11(8-10-12)19(20)21/h3-10,15-16,18H,1-2H3. The van der Waals surface area contributed by atoms with Gasteiger partial charge in [0.1, 0.15) is 11.9 Å². The molecule has 0 fully saturated rings. The molecule has 0 aliphatic heterocycles. The number of halogens is 1. The monoisotopic (exact) mass is 384 g/mol. The van der Waals surface area contributed by atoms with Crippen LogP contribution in [0.4, 0.5) is 10.1 Å². The number of non-ortho nitro benzene ring substituents is 1. The first kappa shape index (κ1) is 19.9. The van der Waals surface area contributed by atoms with Gasteiger partial charge in [0.15, 0.2) is 6.29 Å². The quantitative estimate of drug-likeness (QED) is 0.425. The van der Waals surface area contributed by atoms with E-state index < -0.39 is 33.1 Å². The van der Waals surface area contributed by atoms with Crippen molar-refractivity contribution in [2.45, 2.75) is 17.2 Å². The van der Waals surface area contributed by atoms with Crippen LogP contribution in [-0.2, 0) is 19.5 Å². The van der Waals surface area contributed by atoms with Crippen LogP contribution in [-0.4, -0.2) is 33.9 Å². The van der Waals surface area contributed by atoms with Gasteiger partial charge in [0, 0.05) is 31.9 Å². The van der Waals surface area contributed by atoms with Gasteiger partial charge in [-0.2, -0.15) is 4.72 Å². The largest absolute Gasteiger partial charge is 0.354 e. The molecule has 1 unspecified atom stereocenters. The summed E-state index contributed by atoms with van der Waals surface area (Å²) >= 11 is 0. The van der Waals surface area contributed by atoms with E-state index in [9.17, 15) is 22.9 Å². The number of nitrogens with zero attached hydrogens (tertiary/aromatic N) is 1. The Hall–Kier alpha value is -2.40. The molecule has 0 saturated heterocycles. The number of nitro benzene ring substituents is 1. The van der Waals surface area contributed by atoms with Gasteiger partial charge >= 0.3 is 0 Å². The molecule has 0 saturated carbocycles. The fourth-order valence-corrected chi connectivity index (χ4v) is 3.55. The molecule has 2 aromatic rings. The molecule has 0 bridgehead atoms. The number of rotatable bonds is 8. The second-order valence-corrected chi connectivity index (χ2v) is 6.93. The number of methoxy groups -OCH3 is 2. The van der Waals surface area contributed by atoms with Crippen molar-refractivity contribution >= 4 is 15.7 Å². The maximum Gasteiger partial charge on any atom is 0.269 e. The van der Waals surface area contributed by atoms with Gasteiger partial charge in [-0.15, -0.1) is 0 Å². The van der Waals surface area contributed by atoms with Crippen LogP contribution in [0.1, 0.15) is 11.6 Å². The molecule has 8 nitrogen and oxygen atoms in total. The summed E-state index contributed by atoms with van der Waals surface area (Å²) < 4.78 is 52.0.